The van der Waals surface area contributed by atoms with Crippen molar-refractivity contribution in [1.82, 2.24) is 0 Å². The lowest BCUT2D eigenvalue weighted by atomic mass is 10.1. The molecular weight excluding hydrogens is 342 g/mol. The number of hydrogen-bond acceptors (Lipinski definition) is 4. The highest BCUT2D eigenvalue weighted by Gasteiger charge is 2.10. The molecule has 7 heteroatoms. The number of benzene rings is 3. The van der Waals surface area contributed by atoms with Gasteiger partial charge in [-0.2, -0.15) is 8.42 Å². The van der Waals surface area contributed by atoms with Crippen molar-refractivity contribution in [2.45, 2.75) is 11.5 Å². The van der Waals surface area contributed by atoms with E-state index in [4.69, 9.17) is 9.29 Å². The molecule has 2 N–H and O–H groups in total. The van der Waals surface area contributed by atoms with Crippen LogP contribution in [0, 0.1) is 0 Å². The summed E-state index contributed by atoms with van der Waals surface area (Å²) in [6.45, 7) is 0.146. The van der Waals surface area contributed by atoms with E-state index >= 15 is 0 Å². The molecular formula is C18H15NO5S. The highest BCUT2D eigenvalue weighted by Crippen LogP contribution is 2.23. The van der Waals surface area contributed by atoms with Crippen molar-refractivity contribution in [1.29, 1.82) is 0 Å². The van der Waals surface area contributed by atoms with Gasteiger partial charge in [-0.15, -0.1) is 0 Å². The van der Waals surface area contributed by atoms with Crippen LogP contribution in [0.1, 0.15) is 5.56 Å². The van der Waals surface area contributed by atoms with Crippen LogP contribution in [0.15, 0.2) is 71.6 Å². The summed E-state index contributed by atoms with van der Waals surface area (Å²) >= 11 is 0. The number of carbonyl (C=O) groups is 1. The summed E-state index contributed by atoms with van der Waals surface area (Å²) < 4.78 is 36.7. The number of carbonyl (C=O) groups excluding carboxylic acids is 1. The molecule has 25 heavy (non-hydrogen) atoms. The van der Waals surface area contributed by atoms with Crippen LogP contribution in [0.4, 0.5) is 10.5 Å². The standard InChI is InChI=1S/C18H15NO5S/c20-18(24-12-13-4-2-1-3-5-13)19-16-8-6-14-7-9-17(25(21,22)23)11-15(14)10-16/h1-11H,12H2,(H,19,20)(H,21,22,23). The molecule has 1 amide bonds. The van der Waals surface area contributed by atoms with E-state index in [-0.39, 0.29) is 11.5 Å². The number of rotatable bonds is 4. The van der Waals surface area contributed by atoms with Crippen molar-refractivity contribution < 1.29 is 22.5 Å². The van der Waals surface area contributed by atoms with Crippen molar-refractivity contribution in [3.63, 3.8) is 0 Å². The first kappa shape index (κ1) is 16.9. The SMILES string of the molecule is O=C(Nc1ccc2ccc(S(=O)(=O)O)cc2c1)OCc1ccccc1. The van der Waals surface area contributed by atoms with Crippen LogP contribution in [-0.4, -0.2) is 19.1 Å². The molecule has 0 aliphatic carbocycles. The molecule has 0 saturated carbocycles. The maximum Gasteiger partial charge on any atom is 0.411 e. The van der Waals surface area contributed by atoms with Gasteiger partial charge >= 0.3 is 6.09 Å². The van der Waals surface area contributed by atoms with E-state index in [1.807, 2.05) is 30.3 Å². The Morgan fingerprint density at radius 1 is 0.960 bits per heavy atom. The summed E-state index contributed by atoms with van der Waals surface area (Å²) in [5.74, 6) is 0. The van der Waals surface area contributed by atoms with Crippen LogP contribution in [0.2, 0.25) is 0 Å². The first-order chi connectivity index (χ1) is 11.9. The molecule has 6 nitrogen and oxygen atoms in total. The quantitative estimate of drug-likeness (QED) is 0.692. The van der Waals surface area contributed by atoms with E-state index < -0.39 is 16.2 Å². The monoisotopic (exact) mass is 357 g/mol. The second-order valence-corrected chi connectivity index (χ2v) is 6.81. The normalized spacial score (nSPS) is 11.2. The molecule has 0 fully saturated rings. The Morgan fingerprint density at radius 3 is 2.40 bits per heavy atom. The van der Waals surface area contributed by atoms with Crippen molar-refractivity contribution in [2.75, 3.05) is 5.32 Å². The number of nitrogens with one attached hydrogen (secondary N) is 1. The average molecular weight is 357 g/mol. The van der Waals surface area contributed by atoms with Gasteiger partial charge in [-0.25, -0.2) is 4.79 Å². The molecule has 0 aliphatic rings. The highest BCUT2D eigenvalue weighted by molar-refractivity contribution is 7.85. The Morgan fingerprint density at radius 2 is 1.68 bits per heavy atom. The molecule has 0 saturated heterocycles. The number of fused-ring (bicyclic) bond motifs is 1. The van der Waals surface area contributed by atoms with Crippen LogP contribution < -0.4 is 5.32 Å². The summed E-state index contributed by atoms with van der Waals surface area (Å²) in [6.07, 6.45) is -0.617. The van der Waals surface area contributed by atoms with E-state index in [2.05, 4.69) is 5.32 Å². The largest absolute Gasteiger partial charge is 0.444 e. The van der Waals surface area contributed by atoms with E-state index in [0.717, 1.165) is 10.9 Å². The Balaban J connectivity index is 1.73. The lowest BCUT2D eigenvalue weighted by molar-refractivity contribution is 0.155. The van der Waals surface area contributed by atoms with Crippen molar-refractivity contribution in [2.24, 2.45) is 0 Å². The minimum absolute atomic E-state index is 0.146. The molecule has 0 atom stereocenters. The molecule has 0 unspecified atom stereocenters. The van der Waals surface area contributed by atoms with Gasteiger partial charge in [0.05, 0.1) is 4.90 Å². The molecule has 0 radical (unpaired) electrons. The van der Waals surface area contributed by atoms with Crippen LogP contribution in [0.5, 0.6) is 0 Å². The topological polar surface area (TPSA) is 92.7 Å². The molecule has 0 heterocycles. The van der Waals surface area contributed by atoms with Crippen LogP contribution in [0.3, 0.4) is 0 Å². The van der Waals surface area contributed by atoms with Crippen LogP contribution >= 0.6 is 0 Å². The average Bonchev–Trinajstić information content (AvgIpc) is 2.59. The third-order valence-electron chi connectivity index (χ3n) is 3.57. The first-order valence-corrected chi connectivity index (χ1v) is 8.85. The highest BCUT2D eigenvalue weighted by atomic mass is 32.2. The predicted molar refractivity (Wildman–Crippen MR) is 94.0 cm³/mol. The van der Waals surface area contributed by atoms with Crippen molar-refractivity contribution in [3.05, 3.63) is 72.3 Å². The summed E-state index contributed by atoms with van der Waals surface area (Å²) in [7, 11) is -4.28. The van der Waals surface area contributed by atoms with Gasteiger partial charge in [0.15, 0.2) is 0 Å². The minimum Gasteiger partial charge on any atom is -0.444 e. The first-order valence-electron chi connectivity index (χ1n) is 7.41. The van der Waals surface area contributed by atoms with Gasteiger partial charge in [-0.1, -0.05) is 42.5 Å². The molecule has 0 aliphatic heterocycles. The number of anilines is 1. The second-order valence-electron chi connectivity index (χ2n) is 5.39. The van der Waals surface area contributed by atoms with Gasteiger partial charge in [0, 0.05) is 5.69 Å². The fourth-order valence-electron chi connectivity index (χ4n) is 2.34. The van der Waals surface area contributed by atoms with Gasteiger partial charge in [0.25, 0.3) is 10.1 Å². The summed E-state index contributed by atoms with van der Waals surface area (Å²) in [6, 6.07) is 18.5. The van der Waals surface area contributed by atoms with E-state index in [9.17, 15) is 13.2 Å². The Hall–Kier alpha value is -2.90. The lowest BCUT2D eigenvalue weighted by Gasteiger charge is -2.08. The fraction of sp³-hybridized carbons (Fsp3) is 0.0556. The fourth-order valence-corrected chi connectivity index (χ4v) is 2.86. The zero-order valence-corrected chi connectivity index (χ0v) is 13.9. The smallest absolute Gasteiger partial charge is 0.411 e. The zero-order chi connectivity index (χ0) is 17.9. The van der Waals surface area contributed by atoms with Gasteiger partial charge in [0.2, 0.25) is 0 Å². The van der Waals surface area contributed by atoms with Crippen molar-refractivity contribution >= 4 is 32.7 Å². The lowest BCUT2D eigenvalue weighted by Crippen LogP contribution is -2.13. The molecule has 0 aromatic heterocycles. The van der Waals surface area contributed by atoms with Crippen LogP contribution in [0.25, 0.3) is 10.8 Å². The predicted octanol–water partition coefficient (Wildman–Crippen LogP) is 3.84. The summed E-state index contributed by atoms with van der Waals surface area (Å²) in [5, 5.41) is 3.93. The third-order valence-corrected chi connectivity index (χ3v) is 4.42. The Kier molecular flexibility index (Phi) is 4.69. The molecule has 3 aromatic rings. The molecule has 3 aromatic carbocycles. The zero-order valence-electron chi connectivity index (χ0n) is 13.0. The van der Waals surface area contributed by atoms with E-state index in [0.29, 0.717) is 11.1 Å². The number of hydrogen-bond donors (Lipinski definition) is 2. The maximum absolute atomic E-state index is 11.9. The van der Waals surface area contributed by atoms with E-state index in [1.165, 1.54) is 12.1 Å². The maximum atomic E-state index is 11.9. The van der Waals surface area contributed by atoms with Gasteiger partial charge in [-0.05, 0) is 40.6 Å². The minimum atomic E-state index is -4.28. The summed E-state index contributed by atoms with van der Waals surface area (Å²) in [4.78, 5) is 11.7. The Bertz CT molecular complexity index is 1020. The number of ether oxygens (including phenoxy) is 1. The Labute approximate surface area is 144 Å². The summed E-state index contributed by atoms with van der Waals surface area (Å²) in [5.41, 5.74) is 1.33. The van der Waals surface area contributed by atoms with Crippen LogP contribution in [-0.2, 0) is 21.5 Å². The molecule has 3 rings (SSSR count). The van der Waals surface area contributed by atoms with Gasteiger partial charge in [-0.3, -0.25) is 9.87 Å². The number of amides is 1. The second kappa shape index (κ2) is 6.92. The van der Waals surface area contributed by atoms with Crippen molar-refractivity contribution in [3.8, 4) is 0 Å². The van der Waals surface area contributed by atoms with Gasteiger partial charge in [0.1, 0.15) is 6.61 Å². The van der Waals surface area contributed by atoms with Gasteiger partial charge < -0.3 is 4.74 Å². The molecule has 128 valence electrons. The molecule has 0 spiro atoms. The molecule has 0 bridgehead atoms. The van der Waals surface area contributed by atoms with E-state index in [1.54, 1.807) is 24.3 Å². The third kappa shape index (κ3) is 4.34.